The Labute approximate surface area is 95.6 Å². The average Bonchev–Trinajstić information content (AvgIpc) is 2.19. The fourth-order valence-electron chi connectivity index (χ4n) is 2.10. The van der Waals surface area contributed by atoms with Crippen LogP contribution in [0.5, 0.6) is 5.75 Å². The van der Waals surface area contributed by atoms with Gasteiger partial charge in [0.25, 0.3) is 0 Å². The summed E-state index contributed by atoms with van der Waals surface area (Å²) in [6.07, 6.45) is 0.723. The number of fused-ring (bicyclic) bond motifs is 1. The van der Waals surface area contributed by atoms with Crippen molar-refractivity contribution in [1.29, 1.82) is 0 Å². The van der Waals surface area contributed by atoms with Crippen molar-refractivity contribution >= 4 is 0 Å². The van der Waals surface area contributed by atoms with Gasteiger partial charge < -0.3 is 10.5 Å². The van der Waals surface area contributed by atoms with Crippen LogP contribution in [0.15, 0.2) is 18.2 Å². The molecule has 2 N–H and O–H groups in total. The fourth-order valence-corrected chi connectivity index (χ4v) is 2.10. The van der Waals surface area contributed by atoms with Gasteiger partial charge in [0, 0.05) is 18.0 Å². The molecule has 1 aromatic rings. The van der Waals surface area contributed by atoms with E-state index in [2.05, 4.69) is 20.8 Å². The van der Waals surface area contributed by atoms with Crippen LogP contribution in [0.3, 0.4) is 0 Å². The first kappa shape index (κ1) is 11.4. The zero-order valence-electron chi connectivity index (χ0n) is 9.96. The lowest BCUT2D eigenvalue weighted by Gasteiger charge is -2.41. The summed E-state index contributed by atoms with van der Waals surface area (Å²) in [6.45, 7) is 6.28. The number of halogens is 1. The van der Waals surface area contributed by atoms with Crippen molar-refractivity contribution < 1.29 is 9.13 Å². The van der Waals surface area contributed by atoms with Crippen molar-refractivity contribution in [2.45, 2.75) is 38.8 Å². The minimum Gasteiger partial charge on any atom is -0.487 e. The molecule has 1 heterocycles. The molecule has 1 aliphatic rings. The Balaban J connectivity index is 2.40. The molecule has 16 heavy (non-hydrogen) atoms. The van der Waals surface area contributed by atoms with Gasteiger partial charge in [-0.1, -0.05) is 13.8 Å². The number of hydrogen-bond acceptors (Lipinski definition) is 2. The molecule has 0 saturated carbocycles. The van der Waals surface area contributed by atoms with E-state index >= 15 is 0 Å². The van der Waals surface area contributed by atoms with E-state index in [4.69, 9.17) is 10.5 Å². The zero-order valence-corrected chi connectivity index (χ0v) is 9.96. The maximum atomic E-state index is 13.1. The number of hydrogen-bond donors (Lipinski definition) is 1. The molecule has 0 saturated heterocycles. The molecule has 1 unspecified atom stereocenters. The molecule has 0 aromatic heterocycles. The molecule has 3 heteroatoms. The summed E-state index contributed by atoms with van der Waals surface area (Å²) < 4.78 is 19.1. The Morgan fingerprint density at radius 1 is 1.50 bits per heavy atom. The lowest BCUT2D eigenvalue weighted by molar-refractivity contribution is 0.0106. The van der Waals surface area contributed by atoms with Crippen molar-refractivity contribution in [1.82, 2.24) is 0 Å². The summed E-state index contributed by atoms with van der Waals surface area (Å²) in [5.74, 6) is 0.832. The molecule has 0 radical (unpaired) electrons. The van der Waals surface area contributed by atoms with Gasteiger partial charge in [0.1, 0.15) is 17.2 Å². The summed E-state index contributed by atoms with van der Waals surface area (Å²) in [4.78, 5) is 0. The minimum absolute atomic E-state index is 0.146. The summed E-state index contributed by atoms with van der Waals surface area (Å²) >= 11 is 0. The quantitative estimate of drug-likeness (QED) is 0.794. The molecule has 2 nitrogen and oxygen atoms in total. The number of nitrogens with two attached hydrogens (primary N) is 1. The summed E-state index contributed by atoms with van der Waals surface area (Å²) in [5.41, 5.74) is 6.60. The van der Waals surface area contributed by atoms with Crippen molar-refractivity contribution in [2.24, 2.45) is 11.7 Å². The van der Waals surface area contributed by atoms with Crippen LogP contribution in [0.4, 0.5) is 4.39 Å². The second-order valence-corrected chi connectivity index (χ2v) is 5.06. The third-order valence-corrected chi connectivity index (χ3v) is 3.56. The molecule has 0 amide bonds. The monoisotopic (exact) mass is 223 g/mol. The molecule has 2 atom stereocenters. The first-order valence-corrected chi connectivity index (χ1v) is 5.66. The first-order valence-electron chi connectivity index (χ1n) is 5.66. The Hall–Kier alpha value is -1.09. The number of ether oxygens (including phenoxy) is 1. The molecule has 1 aromatic carbocycles. The standard InChI is InChI=1S/C13H18FNO/c1-8(2)13(3)7-11(15)10-6-9(14)4-5-12(10)16-13/h4-6,8,11H,7,15H2,1-3H3/t11-,13?/m0/s1. The highest BCUT2D eigenvalue weighted by atomic mass is 19.1. The number of rotatable bonds is 1. The maximum absolute atomic E-state index is 13.1. The van der Waals surface area contributed by atoms with E-state index in [-0.39, 0.29) is 17.5 Å². The van der Waals surface area contributed by atoms with Crippen LogP contribution in [0, 0.1) is 11.7 Å². The largest absolute Gasteiger partial charge is 0.487 e. The summed E-state index contributed by atoms with van der Waals surface area (Å²) in [5, 5.41) is 0. The van der Waals surface area contributed by atoms with E-state index in [0.717, 1.165) is 17.7 Å². The second kappa shape index (κ2) is 3.74. The lowest BCUT2D eigenvalue weighted by Crippen LogP contribution is -2.44. The number of benzene rings is 1. The van der Waals surface area contributed by atoms with Crippen LogP contribution in [-0.4, -0.2) is 5.60 Å². The molecular formula is C13H18FNO. The topological polar surface area (TPSA) is 35.2 Å². The van der Waals surface area contributed by atoms with Crippen molar-refractivity contribution in [3.8, 4) is 5.75 Å². The van der Waals surface area contributed by atoms with Crippen LogP contribution < -0.4 is 10.5 Å². The molecule has 0 fully saturated rings. The third kappa shape index (κ3) is 1.80. The molecule has 88 valence electrons. The van der Waals surface area contributed by atoms with E-state index in [0.29, 0.717) is 5.92 Å². The first-order chi connectivity index (χ1) is 7.42. The van der Waals surface area contributed by atoms with Crippen LogP contribution in [-0.2, 0) is 0 Å². The molecule has 0 bridgehead atoms. The van der Waals surface area contributed by atoms with Gasteiger partial charge in [-0.2, -0.15) is 0 Å². The Morgan fingerprint density at radius 2 is 2.19 bits per heavy atom. The highest BCUT2D eigenvalue weighted by molar-refractivity contribution is 5.39. The van der Waals surface area contributed by atoms with Crippen molar-refractivity contribution in [2.75, 3.05) is 0 Å². The van der Waals surface area contributed by atoms with Gasteiger partial charge in [0.15, 0.2) is 0 Å². The van der Waals surface area contributed by atoms with E-state index in [1.807, 2.05) is 0 Å². The normalized spacial score (nSPS) is 28.8. The highest BCUT2D eigenvalue weighted by Crippen LogP contribution is 2.41. The van der Waals surface area contributed by atoms with Crippen molar-refractivity contribution in [3.05, 3.63) is 29.6 Å². The predicted octanol–water partition coefficient (Wildman–Crippen LogP) is 3.02. The van der Waals surface area contributed by atoms with E-state index in [1.54, 1.807) is 6.07 Å². The molecule has 2 rings (SSSR count). The zero-order chi connectivity index (χ0) is 11.9. The van der Waals surface area contributed by atoms with Gasteiger partial charge in [-0.05, 0) is 31.0 Å². The van der Waals surface area contributed by atoms with Crippen LogP contribution in [0.2, 0.25) is 0 Å². The fraction of sp³-hybridized carbons (Fsp3) is 0.538. The van der Waals surface area contributed by atoms with E-state index in [1.165, 1.54) is 12.1 Å². The molecule has 0 aliphatic carbocycles. The minimum atomic E-state index is -0.260. The van der Waals surface area contributed by atoms with Gasteiger partial charge in [0.05, 0.1) is 0 Å². The van der Waals surface area contributed by atoms with Gasteiger partial charge in [-0.15, -0.1) is 0 Å². The smallest absolute Gasteiger partial charge is 0.125 e. The van der Waals surface area contributed by atoms with E-state index in [9.17, 15) is 4.39 Å². The third-order valence-electron chi connectivity index (χ3n) is 3.56. The molecule has 0 spiro atoms. The Morgan fingerprint density at radius 3 is 2.81 bits per heavy atom. The lowest BCUT2D eigenvalue weighted by atomic mass is 9.81. The predicted molar refractivity (Wildman–Crippen MR) is 61.8 cm³/mol. The highest BCUT2D eigenvalue weighted by Gasteiger charge is 2.38. The SMILES string of the molecule is CC(C)C1(C)C[C@H](N)c2cc(F)ccc2O1. The van der Waals surface area contributed by atoms with Gasteiger partial charge >= 0.3 is 0 Å². The van der Waals surface area contributed by atoms with Gasteiger partial charge in [0.2, 0.25) is 0 Å². The summed E-state index contributed by atoms with van der Waals surface area (Å²) in [7, 11) is 0. The van der Waals surface area contributed by atoms with Crippen molar-refractivity contribution in [3.63, 3.8) is 0 Å². The maximum Gasteiger partial charge on any atom is 0.125 e. The molecule has 1 aliphatic heterocycles. The van der Waals surface area contributed by atoms with Crippen LogP contribution in [0.1, 0.15) is 38.8 Å². The van der Waals surface area contributed by atoms with Crippen LogP contribution in [0.25, 0.3) is 0 Å². The van der Waals surface area contributed by atoms with Gasteiger partial charge in [-0.3, -0.25) is 0 Å². The Bertz CT molecular complexity index is 405. The van der Waals surface area contributed by atoms with E-state index < -0.39 is 0 Å². The Kier molecular flexibility index (Phi) is 2.66. The second-order valence-electron chi connectivity index (χ2n) is 5.06. The molecular weight excluding hydrogens is 205 g/mol. The average molecular weight is 223 g/mol. The van der Waals surface area contributed by atoms with Gasteiger partial charge in [-0.25, -0.2) is 4.39 Å². The van der Waals surface area contributed by atoms with Crippen LogP contribution >= 0.6 is 0 Å². The summed E-state index contributed by atoms with van der Waals surface area (Å²) in [6, 6.07) is 4.41.